The number of hydrogen-bond donors (Lipinski definition) is 1. The molecule has 2 aromatic carbocycles. The highest BCUT2D eigenvalue weighted by molar-refractivity contribution is 6.31. The van der Waals surface area contributed by atoms with Gasteiger partial charge in [0.15, 0.2) is 0 Å². The van der Waals surface area contributed by atoms with E-state index in [0.29, 0.717) is 17.3 Å². The molecule has 0 saturated carbocycles. The molecule has 0 saturated heterocycles. The largest absolute Gasteiger partial charge is 0.379 e. The van der Waals surface area contributed by atoms with Gasteiger partial charge in [0, 0.05) is 11.6 Å². The number of halogens is 2. The summed E-state index contributed by atoms with van der Waals surface area (Å²) in [5.74, 6) is -0.254. The molecule has 88 valence electrons. The van der Waals surface area contributed by atoms with Crippen molar-refractivity contribution >= 4 is 17.3 Å². The third kappa shape index (κ3) is 2.98. The van der Waals surface area contributed by atoms with Crippen molar-refractivity contribution < 1.29 is 4.39 Å². The minimum absolute atomic E-state index is 0.254. The van der Waals surface area contributed by atoms with Crippen molar-refractivity contribution in [2.24, 2.45) is 0 Å². The Bertz CT molecular complexity index is 525. The molecule has 0 radical (unpaired) electrons. The third-order valence-electron chi connectivity index (χ3n) is 2.55. The van der Waals surface area contributed by atoms with Crippen LogP contribution in [0.4, 0.5) is 10.1 Å². The second-order valence-electron chi connectivity index (χ2n) is 3.93. The highest BCUT2D eigenvalue weighted by atomic mass is 35.5. The van der Waals surface area contributed by atoms with Crippen LogP contribution in [0.1, 0.15) is 11.1 Å². The van der Waals surface area contributed by atoms with Crippen LogP contribution in [0.25, 0.3) is 0 Å². The molecule has 0 aromatic heterocycles. The molecule has 2 aromatic rings. The summed E-state index contributed by atoms with van der Waals surface area (Å²) < 4.78 is 13.4. The molecule has 0 atom stereocenters. The van der Waals surface area contributed by atoms with Crippen LogP contribution in [-0.2, 0) is 6.54 Å². The van der Waals surface area contributed by atoms with E-state index < -0.39 is 0 Å². The molecule has 0 spiro atoms. The van der Waals surface area contributed by atoms with E-state index in [1.54, 1.807) is 18.2 Å². The maximum absolute atomic E-state index is 13.4. The molecule has 2 rings (SSSR count). The lowest BCUT2D eigenvalue weighted by Gasteiger charge is -2.09. The topological polar surface area (TPSA) is 12.0 Å². The molecule has 3 heteroatoms. The lowest BCUT2D eigenvalue weighted by atomic mass is 10.1. The van der Waals surface area contributed by atoms with E-state index in [4.69, 9.17) is 11.6 Å². The van der Waals surface area contributed by atoms with E-state index in [-0.39, 0.29) is 5.82 Å². The van der Waals surface area contributed by atoms with Gasteiger partial charge >= 0.3 is 0 Å². The van der Waals surface area contributed by atoms with Crippen LogP contribution >= 0.6 is 11.6 Å². The SMILES string of the molecule is Cc1ccc(CNc2ccccc2F)c(Cl)c1. The molecule has 0 aliphatic carbocycles. The first kappa shape index (κ1) is 11.9. The standard InChI is InChI=1S/C14H13ClFN/c1-10-6-7-11(12(15)8-10)9-17-14-5-3-2-4-13(14)16/h2-8,17H,9H2,1H3. The van der Waals surface area contributed by atoms with Gasteiger partial charge < -0.3 is 5.32 Å². The summed E-state index contributed by atoms with van der Waals surface area (Å²) in [4.78, 5) is 0. The normalized spacial score (nSPS) is 10.3. The molecule has 0 aliphatic rings. The number of benzene rings is 2. The van der Waals surface area contributed by atoms with Crippen LogP contribution in [0.5, 0.6) is 0 Å². The highest BCUT2D eigenvalue weighted by Gasteiger charge is 2.03. The third-order valence-corrected chi connectivity index (χ3v) is 2.90. The van der Waals surface area contributed by atoms with Crippen molar-refractivity contribution in [3.05, 3.63) is 64.4 Å². The average molecular weight is 250 g/mol. The Morgan fingerprint density at radius 3 is 2.65 bits per heavy atom. The van der Waals surface area contributed by atoms with Gasteiger partial charge in [-0.25, -0.2) is 4.39 Å². The van der Waals surface area contributed by atoms with Gasteiger partial charge in [0.1, 0.15) is 5.82 Å². The molecule has 17 heavy (non-hydrogen) atoms. The number of para-hydroxylation sites is 1. The Balaban J connectivity index is 2.10. The van der Waals surface area contributed by atoms with Crippen LogP contribution in [0.3, 0.4) is 0 Å². The van der Waals surface area contributed by atoms with Gasteiger partial charge in [-0.05, 0) is 36.2 Å². The smallest absolute Gasteiger partial charge is 0.146 e. The van der Waals surface area contributed by atoms with Crippen molar-refractivity contribution in [1.29, 1.82) is 0 Å². The molecule has 0 aliphatic heterocycles. The maximum atomic E-state index is 13.4. The Hall–Kier alpha value is -1.54. The first-order valence-corrected chi connectivity index (χ1v) is 5.78. The zero-order chi connectivity index (χ0) is 12.3. The quantitative estimate of drug-likeness (QED) is 0.850. The fraction of sp³-hybridized carbons (Fsp3) is 0.143. The number of aryl methyl sites for hydroxylation is 1. The average Bonchev–Trinajstić information content (AvgIpc) is 2.30. The Kier molecular flexibility index (Phi) is 3.64. The van der Waals surface area contributed by atoms with Gasteiger partial charge in [-0.15, -0.1) is 0 Å². The van der Waals surface area contributed by atoms with Crippen LogP contribution < -0.4 is 5.32 Å². The fourth-order valence-corrected chi connectivity index (χ4v) is 1.89. The summed E-state index contributed by atoms with van der Waals surface area (Å²) in [6.07, 6.45) is 0. The van der Waals surface area contributed by atoms with Crippen molar-refractivity contribution in [3.63, 3.8) is 0 Å². The first-order chi connectivity index (χ1) is 8.16. The van der Waals surface area contributed by atoms with Gasteiger partial charge in [-0.3, -0.25) is 0 Å². The monoisotopic (exact) mass is 249 g/mol. The summed E-state index contributed by atoms with van der Waals surface area (Å²) in [7, 11) is 0. The van der Waals surface area contributed by atoms with Crippen LogP contribution in [0.2, 0.25) is 5.02 Å². The summed E-state index contributed by atoms with van der Waals surface area (Å²) >= 11 is 6.10. The molecular weight excluding hydrogens is 237 g/mol. The van der Waals surface area contributed by atoms with Crippen LogP contribution in [0.15, 0.2) is 42.5 Å². The van der Waals surface area contributed by atoms with Gasteiger partial charge in [0.05, 0.1) is 5.69 Å². The zero-order valence-electron chi connectivity index (χ0n) is 9.50. The predicted molar refractivity (Wildman–Crippen MR) is 69.9 cm³/mol. The number of hydrogen-bond acceptors (Lipinski definition) is 1. The molecule has 1 nitrogen and oxygen atoms in total. The van der Waals surface area contributed by atoms with Crippen LogP contribution in [-0.4, -0.2) is 0 Å². The van der Waals surface area contributed by atoms with E-state index in [1.807, 2.05) is 25.1 Å². The summed E-state index contributed by atoms with van der Waals surface area (Å²) in [5.41, 5.74) is 2.56. The van der Waals surface area contributed by atoms with E-state index >= 15 is 0 Å². The van der Waals surface area contributed by atoms with E-state index in [0.717, 1.165) is 11.1 Å². The van der Waals surface area contributed by atoms with Gasteiger partial charge in [-0.1, -0.05) is 35.9 Å². The van der Waals surface area contributed by atoms with Crippen molar-refractivity contribution in [2.45, 2.75) is 13.5 Å². The molecule has 0 heterocycles. The fourth-order valence-electron chi connectivity index (χ4n) is 1.59. The summed E-state index contributed by atoms with van der Waals surface area (Å²) in [6, 6.07) is 12.4. The Morgan fingerprint density at radius 1 is 1.18 bits per heavy atom. The Morgan fingerprint density at radius 2 is 1.94 bits per heavy atom. The van der Waals surface area contributed by atoms with E-state index in [9.17, 15) is 4.39 Å². The number of anilines is 1. The van der Waals surface area contributed by atoms with Crippen molar-refractivity contribution in [3.8, 4) is 0 Å². The minimum atomic E-state index is -0.254. The van der Waals surface area contributed by atoms with Gasteiger partial charge in [0.2, 0.25) is 0 Å². The zero-order valence-corrected chi connectivity index (χ0v) is 10.3. The Labute approximate surface area is 105 Å². The second-order valence-corrected chi connectivity index (χ2v) is 4.34. The molecular formula is C14H13ClFN. The second kappa shape index (κ2) is 5.19. The molecule has 0 fully saturated rings. The number of rotatable bonds is 3. The molecule has 0 unspecified atom stereocenters. The van der Waals surface area contributed by atoms with Gasteiger partial charge in [0.25, 0.3) is 0 Å². The van der Waals surface area contributed by atoms with Crippen molar-refractivity contribution in [2.75, 3.05) is 5.32 Å². The molecule has 0 bridgehead atoms. The maximum Gasteiger partial charge on any atom is 0.146 e. The van der Waals surface area contributed by atoms with E-state index in [2.05, 4.69) is 5.32 Å². The minimum Gasteiger partial charge on any atom is -0.379 e. The molecule has 0 amide bonds. The van der Waals surface area contributed by atoms with E-state index in [1.165, 1.54) is 6.07 Å². The van der Waals surface area contributed by atoms with Crippen LogP contribution in [0, 0.1) is 12.7 Å². The highest BCUT2D eigenvalue weighted by Crippen LogP contribution is 2.20. The first-order valence-electron chi connectivity index (χ1n) is 5.40. The summed E-state index contributed by atoms with van der Waals surface area (Å²) in [5, 5.41) is 3.73. The lowest BCUT2D eigenvalue weighted by Crippen LogP contribution is -2.01. The predicted octanol–water partition coefficient (Wildman–Crippen LogP) is 4.40. The molecule has 1 N–H and O–H groups in total. The number of nitrogens with one attached hydrogen (secondary N) is 1. The van der Waals surface area contributed by atoms with Gasteiger partial charge in [-0.2, -0.15) is 0 Å². The lowest BCUT2D eigenvalue weighted by molar-refractivity contribution is 0.630. The van der Waals surface area contributed by atoms with Crippen molar-refractivity contribution in [1.82, 2.24) is 0 Å². The summed E-state index contributed by atoms with van der Waals surface area (Å²) in [6.45, 7) is 2.50.